The van der Waals surface area contributed by atoms with E-state index in [4.69, 9.17) is 4.74 Å². The molecule has 0 aliphatic carbocycles. The molecule has 2 fully saturated rings. The second-order valence-corrected chi connectivity index (χ2v) is 7.86. The van der Waals surface area contributed by atoms with Crippen molar-refractivity contribution < 1.29 is 9.53 Å². The van der Waals surface area contributed by atoms with Gasteiger partial charge >= 0.3 is 0 Å². The lowest BCUT2D eigenvalue weighted by atomic mass is 9.88. The average Bonchev–Trinajstić information content (AvgIpc) is 3.22. The number of piperidine rings is 1. The van der Waals surface area contributed by atoms with Gasteiger partial charge in [-0.15, -0.1) is 11.3 Å². The number of aromatic nitrogens is 2. The molecule has 4 heterocycles. The first kappa shape index (κ1) is 16.5. The van der Waals surface area contributed by atoms with E-state index in [1.807, 2.05) is 23.3 Å². The first-order valence-electron chi connectivity index (χ1n) is 8.64. The van der Waals surface area contributed by atoms with E-state index in [2.05, 4.69) is 15.3 Å². The number of carbonyl (C=O) groups is 1. The maximum absolute atomic E-state index is 12.8. The van der Waals surface area contributed by atoms with Crippen LogP contribution in [0.15, 0.2) is 30.0 Å². The highest BCUT2D eigenvalue weighted by Gasteiger charge is 2.44. The number of nitrogens with zero attached hydrogens (tertiary/aromatic N) is 3. The molecular weight excluding hydrogens is 336 g/mol. The van der Waals surface area contributed by atoms with E-state index in [0.29, 0.717) is 13.2 Å². The van der Waals surface area contributed by atoms with Crippen LogP contribution in [-0.4, -0.2) is 52.1 Å². The Morgan fingerprint density at radius 3 is 3.16 bits per heavy atom. The van der Waals surface area contributed by atoms with E-state index in [1.165, 1.54) is 11.3 Å². The Bertz CT molecular complexity index is 751. The molecule has 2 aliphatic heterocycles. The third-order valence-electron chi connectivity index (χ3n) is 4.89. The zero-order valence-electron chi connectivity index (χ0n) is 14.3. The van der Waals surface area contributed by atoms with Gasteiger partial charge in [-0.25, -0.2) is 4.98 Å². The Morgan fingerprint density at radius 1 is 1.48 bits per heavy atom. The lowest BCUT2D eigenvalue weighted by Gasteiger charge is -2.39. The van der Waals surface area contributed by atoms with Crippen LogP contribution in [0.5, 0.6) is 0 Å². The SMILES string of the molecule is Cc1csc(C(=O)N2CCCC3(CC(Nc4cnccn4)CO3)C2)c1. The van der Waals surface area contributed by atoms with Gasteiger partial charge in [-0.3, -0.25) is 9.78 Å². The molecule has 2 saturated heterocycles. The van der Waals surface area contributed by atoms with E-state index in [9.17, 15) is 4.79 Å². The summed E-state index contributed by atoms with van der Waals surface area (Å²) in [5, 5.41) is 5.42. The van der Waals surface area contributed by atoms with Gasteiger partial charge in [0.15, 0.2) is 0 Å². The topological polar surface area (TPSA) is 67.4 Å². The van der Waals surface area contributed by atoms with Gasteiger partial charge in [-0.1, -0.05) is 0 Å². The Hall–Kier alpha value is -1.99. The van der Waals surface area contributed by atoms with Crippen LogP contribution < -0.4 is 5.32 Å². The van der Waals surface area contributed by atoms with Gasteiger partial charge in [0.1, 0.15) is 5.82 Å². The second-order valence-electron chi connectivity index (χ2n) is 6.95. The minimum atomic E-state index is -0.236. The van der Waals surface area contributed by atoms with Crippen molar-refractivity contribution in [2.45, 2.75) is 37.8 Å². The fourth-order valence-corrected chi connectivity index (χ4v) is 4.64. The lowest BCUT2D eigenvalue weighted by Crippen LogP contribution is -2.50. The van der Waals surface area contributed by atoms with Crippen LogP contribution >= 0.6 is 11.3 Å². The minimum absolute atomic E-state index is 0.131. The van der Waals surface area contributed by atoms with Gasteiger partial charge in [0.05, 0.1) is 35.9 Å². The van der Waals surface area contributed by atoms with Crippen molar-refractivity contribution in [3.63, 3.8) is 0 Å². The summed E-state index contributed by atoms with van der Waals surface area (Å²) in [6, 6.07) is 2.18. The van der Waals surface area contributed by atoms with Crippen molar-refractivity contribution in [1.82, 2.24) is 14.9 Å². The largest absolute Gasteiger partial charge is 0.371 e. The van der Waals surface area contributed by atoms with E-state index in [0.717, 1.165) is 42.1 Å². The van der Waals surface area contributed by atoms with Crippen molar-refractivity contribution in [3.8, 4) is 0 Å². The summed E-state index contributed by atoms with van der Waals surface area (Å²) < 4.78 is 6.19. The maximum Gasteiger partial charge on any atom is 0.264 e. The van der Waals surface area contributed by atoms with Gasteiger partial charge in [0.2, 0.25) is 0 Å². The molecule has 0 aromatic carbocycles. The van der Waals surface area contributed by atoms with Crippen molar-refractivity contribution in [1.29, 1.82) is 0 Å². The van der Waals surface area contributed by atoms with Crippen LogP contribution in [0.2, 0.25) is 0 Å². The van der Waals surface area contributed by atoms with Gasteiger partial charge < -0.3 is 15.0 Å². The number of carbonyl (C=O) groups excluding carboxylic acids is 1. The molecule has 132 valence electrons. The number of ether oxygens (including phenoxy) is 1. The highest BCUT2D eigenvalue weighted by molar-refractivity contribution is 7.12. The number of aryl methyl sites for hydroxylation is 1. The first-order chi connectivity index (χ1) is 12.1. The molecule has 4 rings (SSSR count). The molecule has 2 aromatic rings. The summed E-state index contributed by atoms with van der Waals surface area (Å²) in [5.41, 5.74) is 0.908. The fraction of sp³-hybridized carbons (Fsp3) is 0.500. The molecule has 7 heteroatoms. The van der Waals surface area contributed by atoms with Gasteiger partial charge in [-0.05, 0) is 36.8 Å². The van der Waals surface area contributed by atoms with Crippen molar-refractivity contribution in [2.24, 2.45) is 0 Å². The predicted molar refractivity (Wildman–Crippen MR) is 96.9 cm³/mol. The number of hydrogen-bond acceptors (Lipinski definition) is 6. The Morgan fingerprint density at radius 2 is 2.40 bits per heavy atom. The van der Waals surface area contributed by atoms with E-state index < -0.39 is 0 Å². The number of nitrogens with one attached hydrogen (secondary N) is 1. The molecule has 1 amide bonds. The Kier molecular flexibility index (Phi) is 4.43. The first-order valence-corrected chi connectivity index (χ1v) is 9.52. The molecule has 6 nitrogen and oxygen atoms in total. The molecule has 1 spiro atoms. The number of thiophene rings is 1. The minimum Gasteiger partial charge on any atom is -0.371 e. The highest BCUT2D eigenvalue weighted by atomic mass is 32.1. The van der Waals surface area contributed by atoms with Gasteiger partial charge in [0, 0.05) is 25.4 Å². The quantitative estimate of drug-likeness (QED) is 0.914. The highest BCUT2D eigenvalue weighted by Crippen LogP contribution is 2.36. The Labute approximate surface area is 151 Å². The zero-order chi connectivity index (χ0) is 17.3. The van der Waals surface area contributed by atoms with E-state index in [1.54, 1.807) is 18.6 Å². The smallest absolute Gasteiger partial charge is 0.264 e. The zero-order valence-corrected chi connectivity index (χ0v) is 15.1. The van der Waals surface area contributed by atoms with E-state index in [-0.39, 0.29) is 17.6 Å². The number of amides is 1. The number of hydrogen-bond donors (Lipinski definition) is 1. The summed E-state index contributed by atoms with van der Waals surface area (Å²) in [4.78, 5) is 23.9. The number of likely N-dealkylation sites (tertiary alicyclic amines) is 1. The van der Waals surface area contributed by atoms with Crippen molar-refractivity contribution in [3.05, 3.63) is 40.5 Å². The molecule has 2 unspecified atom stereocenters. The van der Waals surface area contributed by atoms with Crippen LogP contribution in [0.3, 0.4) is 0 Å². The summed E-state index contributed by atoms with van der Waals surface area (Å²) in [6.07, 6.45) is 7.93. The number of rotatable bonds is 3. The molecule has 25 heavy (non-hydrogen) atoms. The van der Waals surface area contributed by atoms with Crippen LogP contribution in [0.4, 0.5) is 5.82 Å². The average molecular weight is 358 g/mol. The second kappa shape index (κ2) is 6.72. The van der Waals surface area contributed by atoms with Crippen LogP contribution in [0.25, 0.3) is 0 Å². The van der Waals surface area contributed by atoms with Crippen molar-refractivity contribution in [2.75, 3.05) is 25.0 Å². The van der Waals surface area contributed by atoms with E-state index >= 15 is 0 Å². The summed E-state index contributed by atoms with van der Waals surface area (Å²) >= 11 is 1.53. The molecular formula is C18H22N4O2S. The maximum atomic E-state index is 12.8. The molecule has 2 aliphatic rings. The molecule has 0 saturated carbocycles. The van der Waals surface area contributed by atoms with Gasteiger partial charge in [-0.2, -0.15) is 0 Å². The summed E-state index contributed by atoms with van der Waals surface area (Å²) in [6.45, 7) is 4.13. The molecule has 0 radical (unpaired) electrons. The van der Waals surface area contributed by atoms with Crippen LogP contribution in [-0.2, 0) is 4.74 Å². The van der Waals surface area contributed by atoms with Gasteiger partial charge in [0.25, 0.3) is 5.91 Å². The predicted octanol–water partition coefficient (Wildman–Crippen LogP) is 2.72. The molecule has 0 bridgehead atoms. The van der Waals surface area contributed by atoms with Crippen LogP contribution in [0.1, 0.15) is 34.5 Å². The summed E-state index contributed by atoms with van der Waals surface area (Å²) in [5.74, 6) is 0.900. The third kappa shape index (κ3) is 3.52. The lowest BCUT2D eigenvalue weighted by molar-refractivity contribution is -0.0446. The molecule has 1 N–H and O–H groups in total. The van der Waals surface area contributed by atoms with Crippen molar-refractivity contribution >= 4 is 23.1 Å². The molecule has 2 aromatic heterocycles. The Balaban J connectivity index is 1.41. The van der Waals surface area contributed by atoms with Crippen LogP contribution in [0, 0.1) is 6.92 Å². The molecule has 2 atom stereocenters. The monoisotopic (exact) mass is 358 g/mol. The number of anilines is 1. The fourth-order valence-electron chi connectivity index (χ4n) is 3.77. The summed E-state index contributed by atoms with van der Waals surface area (Å²) in [7, 11) is 0. The third-order valence-corrected chi connectivity index (χ3v) is 5.93. The standard InChI is InChI=1S/C18H22N4O2S/c1-13-7-15(25-11-13)17(23)22-6-2-3-18(12-22)8-14(10-24-18)21-16-9-19-4-5-20-16/h4-5,7,9,11,14H,2-3,6,8,10,12H2,1H3,(H,20,21). The normalized spacial score (nSPS) is 26.1.